The van der Waals surface area contributed by atoms with Crippen LogP contribution < -0.4 is 15.9 Å². The Bertz CT molecular complexity index is 716. The summed E-state index contributed by atoms with van der Waals surface area (Å²) in [6, 6.07) is 14.0. The van der Waals surface area contributed by atoms with Crippen LogP contribution in [-0.2, 0) is 6.61 Å². The molecule has 0 aromatic heterocycles. The van der Waals surface area contributed by atoms with Crippen molar-refractivity contribution in [2.45, 2.75) is 13.5 Å². The van der Waals surface area contributed by atoms with Gasteiger partial charge in [0.15, 0.2) is 0 Å². The molecule has 6 heteroatoms. The van der Waals surface area contributed by atoms with Crippen LogP contribution in [0.1, 0.15) is 21.5 Å². The van der Waals surface area contributed by atoms with E-state index in [0.29, 0.717) is 17.9 Å². The van der Waals surface area contributed by atoms with Gasteiger partial charge >= 0.3 is 6.03 Å². The Balaban J connectivity index is 2.02. The first-order chi connectivity index (χ1) is 11.0. The highest BCUT2D eigenvalue weighted by Gasteiger charge is 2.11. The molecule has 0 heterocycles. The summed E-state index contributed by atoms with van der Waals surface area (Å²) in [5, 5.41) is 0.919. The van der Waals surface area contributed by atoms with Gasteiger partial charge in [0, 0.05) is 12.6 Å². The average Bonchev–Trinajstić information content (AvgIpc) is 2.53. The normalized spacial score (nSPS) is 10.0. The van der Waals surface area contributed by atoms with E-state index in [0.717, 1.165) is 16.1 Å². The molecule has 0 saturated carbocycles. The third-order valence-electron chi connectivity index (χ3n) is 3.18. The van der Waals surface area contributed by atoms with E-state index in [1.54, 1.807) is 24.3 Å². The molecule has 23 heavy (non-hydrogen) atoms. The first-order valence-corrected chi connectivity index (χ1v) is 7.08. The Morgan fingerprint density at radius 1 is 1.17 bits per heavy atom. The highest BCUT2D eigenvalue weighted by Crippen LogP contribution is 2.16. The molecule has 0 spiro atoms. The second-order valence-corrected chi connectivity index (χ2v) is 5.14. The van der Waals surface area contributed by atoms with E-state index in [9.17, 15) is 9.59 Å². The van der Waals surface area contributed by atoms with Crippen LogP contribution in [0.15, 0.2) is 48.5 Å². The third-order valence-corrected chi connectivity index (χ3v) is 3.18. The van der Waals surface area contributed by atoms with Gasteiger partial charge in [0.2, 0.25) is 0 Å². The molecule has 0 fully saturated rings. The molecule has 3 amide bonds. The van der Waals surface area contributed by atoms with E-state index in [4.69, 9.17) is 10.5 Å². The molecule has 0 aliphatic heterocycles. The monoisotopic (exact) mass is 313 g/mol. The van der Waals surface area contributed by atoms with Crippen LogP contribution in [0.4, 0.5) is 4.79 Å². The fraction of sp³-hybridized carbons (Fsp3) is 0.176. The number of hydrogen-bond acceptors (Lipinski definition) is 3. The summed E-state index contributed by atoms with van der Waals surface area (Å²) in [6.07, 6.45) is 0. The fourth-order valence-corrected chi connectivity index (χ4v) is 1.97. The number of amides is 3. The molecule has 0 saturated heterocycles. The van der Waals surface area contributed by atoms with Gasteiger partial charge in [-0.2, -0.15) is 0 Å². The molecule has 0 unspecified atom stereocenters. The van der Waals surface area contributed by atoms with E-state index in [-0.39, 0.29) is 0 Å². The molecule has 0 bridgehead atoms. The number of carbonyl (C=O) groups excluding carboxylic acids is 2. The molecule has 0 radical (unpaired) electrons. The number of aryl methyl sites for hydroxylation is 1. The maximum absolute atomic E-state index is 12.0. The number of primary amides is 1. The lowest BCUT2D eigenvalue weighted by Gasteiger charge is -2.15. The SMILES string of the molecule is Cc1cccc(COc2cccc(C(=O)NN(C)C(N)=O)c2)c1. The topological polar surface area (TPSA) is 84.7 Å². The zero-order valence-corrected chi connectivity index (χ0v) is 13.1. The average molecular weight is 313 g/mol. The fourth-order valence-electron chi connectivity index (χ4n) is 1.97. The van der Waals surface area contributed by atoms with Crippen LogP contribution >= 0.6 is 0 Å². The lowest BCUT2D eigenvalue weighted by atomic mass is 10.1. The van der Waals surface area contributed by atoms with Gasteiger partial charge in [0.05, 0.1) is 0 Å². The van der Waals surface area contributed by atoms with Gasteiger partial charge in [0.1, 0.15) is 12.4 Å². The molecule has 2 aromatic rings. The van der Waals surface area contributed by atoms with Gasteiger partial charge in [-0.1, -0.05) is 35.9 Å². The van der Waals surface area contributed by atoms with Gasteiger partial charge in [-0.05, 0) is 30.7 Å². The number of carbonyl (C=O) groups is 2. The minimum Gasteiger partial charge on any atom is -0.489 e. The van der Waals surface area contributed by atoms with Gasteiger partial charge in [-0.25, -0.2) is 9.80 Å². The highest BCUT2D eigenvalue weighted by atomic mass is 16.5. The number of benzene rings is 2. The van der Waals surface area contributed by atoms with Crippen LogP contribution in [0.25, 0.3) is 0 Å². The van der Waals surface area contributed by atoms with Crippen molar-refractivity contribution in [2.24, 2.45) is 5.73 Å². The number of nitrogens with one attached hydrogen (secondary N) is 1. The van der Waals surface area contributed by atoms with E-state index in [2.05, 4.69) is 5.43 Å². The minimum atomic E-state index is -0.745. The largest absolute Gasteiger partial charge is 0.489 e. The zero-order valence-electron chi connectivity index (χ0n) is 13.1. The van der Waals surface area contributed by atoms with Crippen LogP contribution in [0.3, 0.4) is 0 Å². The third kappa shape index (κ3) is 4.74. The van der Waals surface area contributed by atoms with Crippen LogP contribution in [0, 0.1) is 6.92 Å². The van der Waals surface area contributed by atoms with E-state index in [1.807, 2.05) is 31.2 Å². The van der Waals surface area contributed by atoms with Crippen LogP contribution in [-0.4, -0.2) is 24.0 Å². The van der Waals surface area contributed by atoms with Crippen molar-refractivity contribution in [3.63, 3.8) is 0 Å². The number of hydrogen-bond donors (Lipinski definition) is 2. The van der Waals surface area contributed by atoms with Gasteiger partial charge < -0.3 is 10.5 Å². The van der Waals surface area contributed by atoms with Gasteiger partial charge in [-0.15, -0.1) is 0 Å². The van der Waals surface area contributed by atoms with Gasteiger partial charge in [-0.3, -0.25) is 10.2 Å². The summed E-state index contributed by atoms with van der Waals surface area (Å²) in [4.78, 5) is 22.9. The lowest BCUT2D eigenvalue weighted by molar-refractivity contribution is 0.0859. The first-order valence-electron chi connectivity index (χ1n) is 7.08. The molecule has 0 aliphatic carbocycles. The zero-order chi connectivity index (χ0) is 16.8. The number of nitrogens with two attached hydrogens (primary N) is 1. The van der Waals surface area contributed by atoms with Crippen LogP contribution in [0.2, 0.25) is 0 Å². The van der Waals surface area contributed by atoms with E-state index >= 15 is 0 Å². The second-order valence-electron chi connectivity index (χ2n) is 5.14. The lowest BCUT2D eigenvalue weighted by Crippen LogP contribution is -2.46. The Kier molecular flexibility index (Phi) is 5.19. The highest BCUT2D eigenvalue weighted by molar-refractivity contribution is 5.95. The van der Waals surface area contributed by atoms with Gasteiger partial charge in [0.25, 0.3) is 5.91 Å². The molecule has 3 N–H and O–H groups in total. The molecule has 120 valence electrons. The van der Waals surface area contributed by atoms with Crippen molar-refractivity contribution >= 4 is 11.9 Å². The summed E-state index contributed by atoms with van der Waals surface area (Å²) in [5.74, 6) is 0.133. The molecule has 0 aliphatic rings. The van der Waals surface area contributed by atoms with E-state index in [1.165, 1.54) is 7.05 Å². The van der Waals surface area contributed by atoms with Crippen molar-refractivity contribution in [2.75, 3.05) is 7.05 Å². The standard InChI is InChI=1S/C17H19N3O3/c1-12-5-3-6-13(9-12)11-23-15-8-4-7-14(10-15)16(21)19-20(2)17(18)22/h3-10H,11H2,1-2H3,(H2,18,22)(H,19,21). The Morgan fingerprint density at radius 2 is 1.91 bits per heavy atom. The number of nitrogens with zero attached hydrogens (tertiary/aromatic N) is 1. The Hall–Kier alpha value is -3.02. The summed E-state index contributed by atoms with van der Waals surface area (Å²) in [7, 11) is 1.37. The Morgan fingerprint density at radius 3 is 2.61 bits per heavy atom. The molecule has 2 rings (SSSR count). The molecule has 0 atom stereocenters. The maximum Gasteiger partial charge on any atom is 0.333 e. The molecule has 2 aromatic carbocycles. The van der Waals surface area contributed by atoms with E-state index < -0.39 is 11.9 Å². The summed E-state index contributed by atoms with van der Waals surface area (Å²) in [5.41, 5.74) is 10.0. The maximum atomic E-state index is 12.0. The molecular weight excluding hydrogens is 294 g/mol. The number of urea groups is 1. The minimum absolute atomic E-state index is 0.375. The van der Waals surface area contributed by atoms with Crippen molar-refractivity contribution in [3.8, 4) is 5.75 Å². The smallest absolute Gasteiger partial charge is 0.333 e. The quantitative estimate of drug-likeness (QED) is 0.849. The number of ether oxygens (including phenoxy) is 1. The molecule has 6 nitrogen and oxygen atoms in total. The predicted octanol–water partition coefficient (Wildman–Crippen LogP) is 2.23. The first kappa shape index (κ1) is 16.4. The van der Waals surface area contributed by atoms with Crippen LogP contribution in [0.5, 0.6) is 5.75 Å². The Labute approximate surface area is 134 Å². The predicted molar refractivity (Wildman–Crippen MR) is 86.8 cm³/mol. The second kappa shape index (κ2) is 7.31. The summed E-state index contributed by atoms with van der Waals surface area (Å²) in [6.45, 7) is 2.43. The van der Waals surface area contributed by atoms with Crippen molar-refractivity contribution in [1.82, 2.24) is 10.4 Å². The van der Waals surface area contributed by atoms with Crippen molar-refractivity contribution in [1.29, 1.82) is 0 Å². The number of rotatable bonds is 4. The summed E-state index contributed by atoms with van der Waals surface area (Å²) < 4.78 is 5.71. The summed E-state index contributed by atoms with van der Waals surface area (Å²) >= 11 is 0. The van der Waals surface area contributed by atoms with Crippen molar-refractivity contribution in [3.05, 3.63) is 65.2 Å². The van der Waals surface area contributed by atoms with Crippen molar-refractivity contribution < 1.29 is 14.3 Å². The number of hydrazine groups is 1. The molecular formula is C17H19N3O3.